The van der Waals surface area contributed by atoms with E-state index >= 15 is 0 Å². The minimum absolute atomic E-state index is 0.197. The molecule has 0 aliphatic carbocycles. The summed E-state index contributed by atoms with van der Waals surface area (Å²) in [5, 5.41) is 0. The largest absolute Gasteiger partial charge is 0.329 e. The van der Waals surface area contributed by atoms with E-state index in [0.29, 0.717) is 5.56 Å². The highest BCUT2D eigenvalue weighted by Crippen LogP contribution is 2.35. The number of fused-ring (bicyclic) bond motifs is 1. The van der Waals surface area contributed by atoms with E-state index in [-0.39, 0.29) is 5.82 Å². The van der Waals surface area contributed by atoms with Gasteiger partial charge in [-0.3, -0.25) is 9.88 Å². The van der Waals surface area contributed by atoms with Crippen molar-refractivity contribution >= 4 is 11.0 Å². The fraction of sp³-hybridized carbons (Fsp3) is 0.308. The quantitative estimate of drug-likeness (QED) is 0.469. The average molecular weight is 430 g/mol. The average Bonchev–Trinajstić information content (AvgIpc) is 3.22. The number of nitrogens with zero attached hydrogens (tertiary/aromatic N) is 5. The Morgan fingerprint density at radius 2 is 1.75 bits per heavy atom. The Morgan fingerprint density at radius 3 is 2.50 bits per heavy atom. The second-order valence-electron chi connectivity index (χ2n) is 8.68. The lowest BCUT2D eigenvalue weighted by atomic mass is 9.94. The number of likely N-dealkylation sites (N-methyl/N-ethyl adjacent to an activating group) is 1. The molecule has 1 aliphatic heterocycles. The molecule has 0 radical (unpaired) electrons. The second kappa shape index (κ2) is 8.81. The number of imidazole rings is 1. The summed E-state index contributed by atoms with van der Waals surface area (Å²) in [6.45, 7) is 8.13. The first kappa shape index (κ1) is 20.8. The Kier molecular flexibility index (Phi) is 5.72. The van der Waals surface area contributed by atoms with Crippen LogP contribution in [0.3, 0.4) is 0 Å². The summed E-state index contributed by atoms with van der Waals surface area (Å²) in [6.07, 6.45) is 5.56. The number of aryl methyl sites for hydroxylation is 1. The smallest absolute Gasteiger partial charge is 0.126 e. The third-order valence-electron chi connectivity index (χ3n) is 6.47. The Bertz CT molecular complexity index is 1230. The fourth-order valence-electron chi connectivity index (χ4n) is 4.36. The lowest BCUT2D eigenvalue weighted by Gasteiger charge is -2.32. The Morgan fingerprint density at radius 1 is 0.938 bits per heavy atom. The summed E-state index contributed by atoms with van der Waals surface area (Å²) >= 11 is 0. The molecule has 3 heterocycles. The van der Waals surface area contributed by atoms with E-state index < -0.39 is 0 Å². The van der Waals surface area contributed by atoms with Gasteiger partial charge in [-0.1, -0.05) is 18.2 Å². The van der Waals surface area contributed by atoms with Gasteiger partial charge in [0.25, 0.3) is 0 Å². The molecule has 0 saturated carbocycles. The first-order chi connectivity index (χ1) is 15.6. The van der Waals surface area contributed by atoms with Gasteiger partial charge in [-0.25, -0.2) is 9.37 Å². The van der Waals surface area contributed by atoms with E-state index in [2.05, 4.69) is 43.5 Å². The predicted molar refractivity (Wildman–Crippen MR) is 127 cm³/mol. The van der Waals surface area contributed by atoms with Gasteiger partial charge in [-0.15, -0.1) is 0 Å². The van der Waals surface area contributed by atoms with Crippen molar-refractivity contribution < 1.29 is 4.39 Å². The lowest BCUT2D eigenvalue weighted by Crippen LogP contribution is -2.45. The van der Waals surface area contributed by atoms with Crippen LogP contribution >= 0.6 is 0 Å². The molecule has 1 saturated heterocycles. The van der Waals surface area contributed by atoms with Gasteiger partial charge in [0.15, 0.2) is 0 Å². The van der Waals surface area contributed by atoms with Crippen molar-refractivity contribution in [1.82, 2.24) is 24.3 Å². The number of hydrogen-bond donors (Lipinski definition) is 0. The summed E-state index contributed by atoms with van der Waals surface area (Å²) in [5.74, 6) is -0.197. The molecule has 2 aromatic carbocycles. The van der Waals surface area contributed by atoms with Crippen LogP contribution in [0.25, 0.3) is 33.3 Å². The number of pyridine rings is 1. The van der Waals surface area contributed by atoms with Crippen LogP contribution in [-0.2, 0) is 6.54 Å². The predicted octanol–water partition coefficient (Wildman–Crippen LogP) is 4.46. The summed E-state index contributed by atoms with van der Waals surface area (Å²) in [4.78, 5) is 13.9. The van der Waals surface area contributed by atoms with Crippen LogP contribution in [0.1, 0.15) is 5.56 Å². The van der Waals surface area contributed by atoms with Crippen LogP contribution in [0.4, 0.5) is 4.39 Å². The Hall–Kier alpha value is -3.09. The van der Waals surface area contributed by atoms with Gasteiger partial charge >= 0.3 is 0 Å². The summed E-state index contributed by atoms with van der Waals surface area (Å²) in [7, 11) is 2.18. The zero-order valence-electron chi connectivity index (χ0n) is 18.6. The molecule has 0 N–H and O–H groups in total. The molecular formula is C26H28FN5. The van der Waals surface area contributed by atoms with Crippen molar-refractivity contribution in [1.29, 1.82) is 0 Å². The van der Waals surface area contributed by atoms with Gasteiger partial charge < -0.3 is 9.47 Å². The van der Waals surface area contributed by atoms with E-state index in [1.54, 1.807) is 19.2 Å². The van der Waals surface area contributed by atoms with Gasteiger partial charge in [-0.2, -0.15) is 0 Å². The van der Waals surface area contributed by atoms with E-state index in [1.807, 2.05) is 36.8 Å². The molecule has 0 amide bonds. The van der Waals surface area contributed by atoms with Crippen molar-refractivity contribution in [3.63, 3.8) is 0 Å². The topological polar surface area (TPSA) is 37.2 Å². The lowest BCUT2D eigenvalue weighted by molar-refractivity contribution is 0.150. The van der Waals surface area contributed by atoms with Gasteiger partial charge in [0.1, 0.15) is 5.82 Å². The van der Waals surface area contributed by atoms with Gasteiger partial charge in [-0.05, 0) is 60.5 Å². The van der Waals surface area contributed by atoms with Crippen molar-refractivity contribution in [3.8, 4) is 22.3 Å². The number of aromatic nitrogens is 3. The number of hydrogen-bond acceptors (Lipinski definition) is 4. The van der Waals surface area contributed by atoms with Gasteiger partial charge in [0, 0.05) is 57.2 Å². The van der Waals surface area contributed by atoms with Crippen LogP contribution in [0.2, 0.25) is 0 Å². The highest BCUT2D eigenvalue weighted by atomic mass is 19.1. The monoisotopic (exact) mass is 429 g/mol. The number of benzene rings is 2. The van der Waals surface area contributed by atoms with Crippen molar-refractivity contribution in [2.75, 3.05) is 39.8 Å². The molecular weight excluding hydrogens is 401 g/mol. The number of halogens is 1. The molecule has 5 nitrogen and oxygen atoms in total. The van der Waals surface area contributed by atoms with Crippen LogP contribution in [0.15, 0.2) is 61.2 Å². The molecule has 1 fully saturated rings. The molecule has 1 aliphatic rings. The normalized spacial score (nSPS) is 15.5. The van der Waals surface area contributed by atoms with Gasteiger partial charge in [0.05, 0.1) is 17.4 Å². The minimum Gasteiger partial charge on any atom is -0.329 e. The zero-order chi connectivity index (χ0) is 22.1. The van der Waals surface area contributed by atoms with Crippen LogP contribution < -0.4 is 0 Å². The fourth-order valence-corrected chi connectivity index (χ4v) is 4.36. The maximum Gasteiger partial charge on any atom is 0.126 e. The number of rotatable bonds is 5. The van der Waals surface area contributed by atoms with E-state index in [9.17, 15) is 4.39 Å². The van der Waals surface area contributed by atoms with E-state index in [0.717, 1.165) is 72.6 Å². The molecule has 0 unspecified atom stereocenters. The molecule has 0 bridgehead atoms. The molecule has 2 aromatic heterocycles. The Labute approximate surface area is 188 Å². The van der Waals surface area contributed by atoms with Crippen molar-refractivity contribution in [3.05, 3.63) is 72.6 Å². The molecule has 32 heavy (non-hydrogen) atoms. The van der Waals surface area contributed by atoms with Crippen LogP contribution in [0, 0.1) is 12.7 Å². The summed E-state index contributed by atoms with van der Waals surface area (Å²) < 4.78 is 16.6. The molecule has 0 atom stereocenters. The van der Waals surface area contributed by atoms with Crippen molar-refractivity contribution in [2.45, 2.75) is 13.5 Å². The SMILES string of the molecule is Cc1ccc(-c2cc3ncn(CCN4CCN(C)CC4)c3cc2-c2cccnc2)cc1F. The number of piperazine rings is 1. The molecule has 5 rings (SSSR count). The highest BCUT2D eigenvalue weighted by molar-refractivity contribution is 5.93. The third-order valence-corrected chi connectivity index (χ3v) is 6.47. The molecule has 6 heteroatoms. The first-order valence-corrected chi connectivity index (χ1v) is 11.2. The van der Waals surface area contributed by atoms with Crippen LogP contribution in [0.5, 0.6) is 0 Å². The summed E-state index contributed by atoms with van der Waals surface area (Å²) in [5.41, 5.74) is 6.52. The molecule has 0 spiro atoms. The summed E-state index contributed by atoms with van der Waals surface area (Å²) in [6, 6.07) is 13.7. The van der Waals surface area contributed by atoms with Crippen LogP contribution in [-0.4, -0.2) is 64.1 Å². The maximum absolute atomic E-state index is 14.4. The van der Waals surface area contributed by atoms with E-state index in [4.69, 9.17) is 0 Å². The van der Waals surface area contributed by atoms with Gasteiger partial charge in [0.2, 0.25) is 0 Å². The Balaban J connectivity index is 1.53. The zero-order valence-corrected chi connectivity index (χ0v) is 18.6. The second-order valence-corrected chi connectivity index (χ2v) is 8.68. The molecule has 164 valence electrons. The highest BCUT2D eigenvalue weighted by Gasteiger charge is 2.16. The van der Waals surface area contributed by atoms with E-state index in [1.165, 1.54) is 0 Å². The first-order valence-electron chi connectivity index (χ1n) is 11.2. The molecule has 4 aromatic rings. The van der Waals surface area contributed by atoms with Crippen molar-refractivity contribution in [2.24, 2.45) is 0 Å². The maximum atomic E-state index is 14.4. The minimum atomic E-state index is -0.197. The standard InChI is InChI=1S/C26H28FN5/c1-19-5-6-20(14-24(19)27)22-15-25-26(16-23(22)21-4-3-7-28-17-21)32(18-29-25)13-12-31-10-8-30(2)9-11-31/h3-7,14-18H,8-13H2,1-2H3. The third kappa shape index (κ3) is 4.16.